The van der Waals surface area contributed by atoms with Gasteiger partial charge in [-0.1, -0.05) is 18.6 Å². The first kappa shape index (κ1) is 17.7. The van der Waals surface area contributed by atoms with Crippen LogP contribution in [0.5, 0.6) is 0 Å². The van der Waals surface area contributed by atoms with Crippen LogP contribution in [0.15, 0.2) is 47.1 Å². The summed E-state index contributed by atoms with van der Waals surface area (Å²) < 4.78 is 5.24. The number of amides is 1. The Labute approximate surface area is 148 Å². The van der Waals surface area contributed by atoms with E-state index in [0.29, 0.717) is 18.2 Å². The molecule has 25 heavy (non-hydrogen) atoms. The molecule has 1 fully saturated rings. The van der Waals surface area contributed by atoms with Gasteiger partial charge in [-0.2, -0.15) is 0 Å². The lowest BCUT2D eigenvalue weighted by molar-refractivity contribution is 0.0947. The first-order valence-electron chi connectivity index (χ1n) is 9.00. The zero-order chi connectivity index (χ0) is 17.5. The Hall–Kier alpha value is -2.11. The number of carbonyl (C=O) groups excluding carboxylic acids is 1. The summed E-state index contributed by atoms with van der Waals surface area (Å²) in [4.78, 5) is 14.8. The second-order valence-corrected chi connectivity index (χ2v) is 6.59. The highest BCUT2D eigenvalue weighted by atomic mass is 16.3. The van der Waals surface area contributed by atoms with Crippen LogP contribution in [0, 0.1) is 0 Å². The minimum absolute atomic E-state index is 0.0937. The fourth-order valence-electron chi connectivity index (χ4n) is 3.47. The standard InChI is InChI=1S/C20H26N2O3/c23-11-9-18-7-1-2-10-22(18)15-16-5-3-6-17(13-16)20(24)21-14-19-8-4-12-25-19/h3-6,8,12-13,18,23H,1-2,7,9-11,14-15H2,(H,21,24). The van der Waals surface area contributed by atoms with Crippen molar-refractivity contribution in [2.75, 3.05) is 13.2 Å². The second kappa shape index (κ2) is 8.83. The third kappa shape index (κ3) is 4.94. The van der Waals surface area contributed by atoms with Gasteiger partial charge in [-0.3, -0.25) is 9.69 Å². The summed E-state index contributed by atoms with van der Waals surface area (Å²) >= 11 is 0. The van der Waals surface area contributed by atoms with Crippen molar-refractivity contribution in [1.29, 1.82) is 0 Å². The number of furan rings is 1. The lowest BCUT2D eigenvalue weighted by Crippen LogP contribution is -2.39. The van der Waals surface area contributed by atoms with Crippen LogP contribution in [0.4, 0.5) is 0 Å². The van der Waals surface area contributed by atoms with E-state index in [2.05, 4.69) is 16.3 Å². The molecule has 0 bridgehead atoms. The summed E-state index contributed by atoms with van der Waals surface area (Å²) in [5.74, 6) is 0.647. The smallest absolute Gasteiger partial charge is 0.251 e. The molecule has 0 spiro atoms. The second-order valence-electron chi connectivity index (χ2n) is 6.59. The van der Waals surface area contributed by atoms with Gasteiger partial charge in [-0.15, -0.1) is 0 Å². The summed E-state index contributed by atoms with van der Waals surface area (Å²) in [7, 11) is 0. The highest BCUT2D eigenvalue weighted by molar-refractivity contribution is 5.94. The summed E-state index contributed by atoms with van der Waals surface area (Å²) in [6, 6.07) is 11.9. The van der Waals surface area contributed by atoms with Gasteiger partial charge in [-0.25, -0.2) is 0 Å². The van der Waals surface area contributed by atoms with Crippen molar-refractivity contribution in [2.45, 2.75) is 44.8 Å². The minimum Gasteiger partial charge on any atom is -0.467 e. The van der Waals surface area contributed by atoms with E-state index in [0.717, 1.165) is 37.3 Å². The summed E-state index contributed by atoms with van der Waals surface area (Å²) in [5.41, 5.74) is 1.80. The molecular formula is C20H26N2O3. The number of nitrogens with one attached hydrogen (secondary N) is 1. The third-order valence-corrected chi connectivity index (χ3v) is 4.79. The zero-order valence-corrected chi connectivity index (χ0v) is 14.5. The van der Waals surface area contributed by atoms with E-state index in [1.54, 1.807) is 6.26 Å². The van der Waals surface area contributed by atoms with Crippen LogP contribution in [-0.2, 0) is 13.1 Å². The maximum absolute atomic E-state index is 12.4. The largest absolute Gasteiger partial charge is 0.467 e. The monoisotopic (exact) mass is 342 g/mol. The number of aliphatic hydroxyl groups is 1. The molecule has 5 heteroatoms. The molecule has 1 aliphatic rings. The van der Waals surface area contributed by atoms with Crippen LogP contribution in [0.2, 0.25) is 0 Å². The van der Waals surface area contributed by atoms with E-state index < -0.39 is 0 Å². The van der Waals surface area contributed by atoms with Crippen LogP contribution in [0.1, 0.15) is 47.4 Å². The van der Waals surface area contributed by atoms with Gasteiger partial charge in [-0.05, 0) is 55.6 Å². The topological polar surface area (TPSA) is 65.7 Å². The van der Waals surface area contributed by atoms with Crippen LogP contribution in [-0.4, -0.2) is 35.1 Å². The minimum atomic E-state index is -0.0937. The van der Waals surface area contributed by atoms with E-state index in [9.17, 15) is 9.90 Å². The Morgan fingerprint density at radius 2 is 2.20 bits per heavy atom. The number of hydrogen-bond donors (Lipinski definition) is 2. The molecule has 3 rings (SSSR count). The molecule has 1 saturated heterocycles. The Bertz CT molecular complexity index is 667. The van der Waals surface area contributed by atoms with Crippen LogP contribution < -0.4 is 5.32 Å². The molecule has 0 aliphatic carbocycles. The fraction of sp³-hybridized carbons (Fsp3) is 0.450. The molecule has 2 aromatic rings. The van der Waals surface area contributed by atoms with Crippen molar-refractivity contribution < 1.29 is 14.3 Å². The van der Waals surface area contributed by atoms with E-state index >= 15 is 0 Å². The van der Waals surface area contributed by atoms with E-state index in [-0.39, 0.29) is 12.5 Å². The van der Waals surface area contributed by atoms with Crippen molar-refractivity contribution in [2.24, 2.45) is 0 Å². The Morgan fingerprint density at radius 1 is 1.28 bits per heavy atom. The Balaban J connectivity index is 1.61. The van der Waals surface area contributed by atoms with Gasteiger partial charge in [0.15, 0.2) is 0 Å². The molecule has 1 aliphatic heterocycles. The number of likely N-dealkylation sites (tertiary alicyclic amines) is 1. The Morgan fingerprint density at radius 3 is 3.00 bits per heavy atom. The van der Waals surface area contributed by atoms with Crippen molar-refractivity contribution in [1.82, 2.24) is 10.2 Å². The predicted molar refractivity (Wildman–Crippen MR) is 96.1 cm³/mol. The molecule has 2 heterocycles. The first-order valence-corrected chi connectivity index (χ1v) is 9.00. The van der Waals surface area contributed by atoms with Crippen LogP contribution in [0.25, 0.3) is 0 Å². The average Bonchev–Trinajstić information content (AvgIpc) is 3.15. The van der Waals surface area contributed by atoms with Crippen molar-refractivity contribution in [3.63, 3.8) is 0 Å². The fourth-order valence-corrected chi connectivity index (χ4v) is 3.47. The van der Waals surface area contributed by atoms with Crippen molar-refractivity contribution in [3.8, 4) is 0 Å². The van der Waals surface area contributed by atoms with Crippen molar-refractivity contribution in [3.05, 3.63) is 59.5 Å². The molecule has 1 unspecified atom stereocenters. The molecular weight excluding hydrogens is 316 g/mol. The number of piperidine rings is 1. The number of aliphatic hydroxyl groups excluding tert-OH is 1. The maximum atomic E-state index is 12.4. The van der Waals surface area contributed by atoms with Gasteiger partial charge in [0.1, 0.15) is 5.76 Å². The maximum Gasteiger partial charge on any atom is 0.251 e. The van der Waals surface area contributed by atoms with E-state index in [1.807, 2.05) is 30.3 Å². The molecule has 1 aromatic heterocycles. The van der Waals surface area contributed by atoms with Gasteiger partial charge >= 0.3 is 0 Å². The van der Waals surface area contributed by atoms with Gasteiger partial charge in [0, 0.05) is 24.8 Å². The molecule has 1 amide bonds. The van der Waals surface area contributed by atoms with Gasteiger partial charge in [0.25, 0.3) is 5.91 Å². The van der Waals surface area contributed by atoms with Gasteiger partial charge < -0.3 is 14.8 Å². The molecule has 0 saturated carbocycles. The molecule has 1 aromatic carbocycles. The first-order chi connectivity index (χ1) is 12.3. The SMILES string of the molecule is O=C(NCc1ccco1)c1cccc(CN2CCCCC2CCO)c1. The highest BCUT2D eigenvalue weighted by Crippen LogP contribution is 2.22. The number of benzene rings is 1. The molecule has 0 radical (unpaired) electrons. The number of nitrogens with zero attached hydrogens (tertiary/aromatic N) is 1. The normalized spacial score (nSPS) is 18.2. The van der Waals surface area contributed by atoms with Crippen LogP contribution in [0.3, 0.4) is 0 Å². The Kier molecular flexibility index (Phi) is 6.25. The zero-order valence-electron chi connectivity index (χ0n) is 14.5. The number of hydrogen-bond acceptors (Lipinski definition) is 4. The van der Waals surface area contributed by atoms with Gasteiger partial charge in [0.2, 0.25) is 0 Å². The quantitative estimate of drug-likeness (QED) is 0.812. The molecule has 134 valence electrons. The summed E-state index contributed by atoms with van der Waals surface area (Å²) in [6.07, 6.45) is 6.00. The molecule has 5 nitrogen and oxygen atoms in total. The van der Waals surface area contributed by atoms with Crippen molar-refractivity contribution >= 4 is 5.91 Å². The van der Waals surface area contributed by atoms with Gasteiger partial charge in [0.05, 0.1) is 12.8 Å². The average molecular weight is 342 g/mol. The van der Waals surface area contributed by atoms with E-state index in [4.69, 9.17) is 4.42 Å². The predicted octanol–water partition coefficient (Wildman–Crippen LogP) is 2.95. The third-order valence-electron chi connectivity index (χ3n) is 4.79. The highest BCUT2D eigenvalue weighted by Gasteiger charge is 2.22. The lowest BCUT2D eigenvalue weighted by atomic mass is 9.98. The molecule has 2 N–H and O–H groups in total. The number of rotatable bonds is 7. The van der Waals surface area contributed by atoms with Crippen LogP contribution >= 0.6 is 0 Å². The number of carbonyl (C=O) groups is 1. The molecule has 1 atom stereocenters. The summed E-state index contributed by atoms with van der Waals surface area (Å²) in [6.45, 7) is 2.50. The van der Waals surface area contributed by atoms with E-state index in [1.165, 1.54) is 12.8 Å². The lowest BCUT2D eigenvalue weighted by Gasteiger charge is -2.35. The summed E-state index contributed by atoms with van der Waals surface area (Å²) in [5, 5.41) is 12.2.